The van der Waals surface area contributed by atoms with Gasteiger partial charge in [-0.1, -0.05) is 0 Å². The molecule has 0 N–H and O–H groups in total. The van der Waals surface area contributed by atoms with Gasteiger partial charge in [-0.25, -0.2) is 0 Å². The third-order valence-corrected chi connectivity index (χ3v) is 2.64. The van der Waals surface area contributed by atoms with E-state index >= 15 is 0 Å². The highest BCUT2D eigenvalue weighted by Gasteiger charge is 2.04. The lowest BCUT2D eigenvalue weighted by Gasteiger charge is -2.16. The number of alkyl halides is 1. The van der Waals surface area contributed by atoms with Crippen molar-refractivity contribution in [3.8, 4) is 5.75 Å². The number of ether oxygens (including phenoxy) is 2. The highest BCUT2D eigenvalue weighted by molar-refractivity contribution is 6.17. The zero-order chi connectivity index (χ0) is 13.4. The Morgan fingerprint density at radius 3 is 2.78 bits per heavy atom. The van der Waals surface area contributed by atoms with Crippen LogP contribution in [0.3, 0.4) is 0 Å². The van der Waals surface area contributed by atoms with Gasteiger partial charge in [-0.05, 0) is 14.0 Å². The van der Waals surface area contributed by atoms with Gasteiger partial charge in [0, 0.05) is 36.8 Å². The molecule has 0 aliphatic heterocycles. The van der Waals surface area contributed by atoms with Crippen molar-refractivity contribution in [2.24, 2.45) is 0 Å². The van der Waals surface area contributed by atoms with Crippen LogP contribution in [-0.4, -0.2) is 49.7 Å². The summed E-state index contributed by atoms with van der Waals surface area (Å²) in [6.07, 6.45) is 0. The van der Waals surface area contributed by atoms with Crippen LogP contribution in [0.25, 0.3) is 0 Å². The van der Waals surface area contributed by atoms with Crippen LogP contribution < -0.4 is 4.74 Å². The number of hydrogen-bond acceptors (Lipinski definition) is 4. The molecule has 0 bridgehead atoms. The molecule has 102 valence electrons. The average molecular weight is 273 g/mol. The molecule has 0 amide bonds. The molecule has 0 aromatic carbocycles. The second-order valence-corrected chi connectivity index (χ2v) is 4.56. The minimum absolute atomic E-state index is 0.542. The molecule has 4 nitrogen and oxygen atoms in total. The van der Waals surface area contributed by atoms with Crippen molar-refractivity contribution >= 4 is 11.6 Å². The Morgan fingerprint density at radius 2 is 2.11 bits per heavy atom. The predicted octanol–water partition coefficient (Wildman–Crippen LogP) is 2.09. The molecular formula is C13H21ClN2O2. The van der Waals surface area contributed by atoms with Crippen molar-refractivity contribution in [1.82, 2.24) is 9.88 Å². The van der Waals surface area contributed by atoms with Crippen LogP contribution in [0.4, 0.5) is 0 Å². The quantitative estimate of drug-likeness (QED) is 0.536. The Hall–Kier alpha value is -0.840. The summed E-state index contributed by atoms with van der Waals surface area (Å²) >= 11 is 5.53. The molecule has 1 aromatic heterocycles. The Balaban J connectivity index is 2.43. The maximum Gasteiger partial charge on any atom is 0.122 e. The van der Waals surface area contributed by atoms with Gasteiger partial charge in [0.1, 0.15) is 5.75 Å². The van der Waals surface area contributed by atoms with Gasteiger partial charge in [0.05, 0.1) is 26.0 Å². The van der Waals surface area contributed by atoms with Crippen LogP contribution in [0, 0.1) is 6.92 Å². The molecule has 0 spiro atoms. The Morgan fingerprint density at radius 1 is 1.33 bits per heavy atom. The minimum atomic E-state index is 0.542. The van der Waals surface area contributed by atoms with Crippen molar-refractivity contribution in [2.45, 2.75) is 13.5 Å². The molecule has 0 radical (unpaired) electrons. The maximum absolute atomic E-state index is 5.53. The summed E-state index contributed by atoms with van der Waals surface area (Å²) in [7, 11) is 3.71. The number of likely N-dealkylation sites (N-methyl/N-ethyl adjacent to an activating group) is 1. The normalized spacial score (nSPS) is 10.9. The summed E-state index contributed by atoms with van der Waals surface area (Å²) in [5.74, 6) is 1.39. The predicted molar refractivity (Wildman–Crippen MR) is 73.4 cm³/mol. The van der Waals surface area contributed by atoms with Gasteiger partial charge < -0.3 is 9.47 Å². The van der Waals surface area contributed by atoms with Crippen LogP contribution >= 0.6 is 11.6 Å². The third kappa shape index (κ3) is 5.67. The average Bonchev–Trinajstić information content (AvgIpc) is 2.34. The van der Waals surface area contributed by atoms with E-state index < -0.39 is 0 Å². The number of nitrogens with zero attached hydrogens (tertiary/aromatic N) is 2. The summed E-state index contributed by atoms with van der Waals surface area (Å²) in [5.41, 5.74) is 1.97. The number of hydrogen-bond donors (Lipinski definition) is 0. The first-order valence-corrected chi connectivity index (χ1v) is 6.53. The number of aryl methyl sites for hydroxylation is 1. The summed E-state index contributed by atoms with van der Waals surface area (Å²) in [4.78, 5) is 6.64. The van der Waals surface area contributed by atoms with Gasteiger partial charge in [0.25, 0.3) is 0 Å². The van der Waals surface area contributed by atoms with E-state index in [1.807, 2.05) is 26.1 Å². The summed E-state index contributed by atoms with van der Waals surface area (Å²) in [6, 6.07) is 3.89. The molecule has 0 unspecified atom stereocenters. The highest BCUT2D eigenvalue weighted by atomic mass is 35.5. The van der Waals surface area contributed by atoms with Crippen molar-refractivity contribution in [2.75, 3.05) is 39.8 Å². The van der Waals surface area contributed by atoms with Gasteiger partial charge in [0.15, 0.2) is 0 Å². The van der Waals surface area contributed by atoms with Crippen LogP contribution in [-0.2, 0) is 11.3 Å². The van der Waals surface area contributed by atoms with E-state index in [9.17, 15) is 0 Å². The van der Waals surface area contributed by atoms with Crippen molar-refractivity contribution in [1.29, 1.82) is 0 Å². The number of aromatic nitrogens is 1. The summed E-state index contributed by atoms with van der Waals surface area (Å²) in [5, 5.41) is 0. The molecule has 0 saturated carbocycles. The van der Waals surface area contributed by atoms with E-state index in [0.717, 1.165) is 30.2 Å². The largest absolute Gasteiger partial charge is 0.497 e. The van der Waals surface area contributed by atoms with Crippen LogP contribution in [0.2, 0.25) is 0 Å². The summed E-state index contributed by atoms with van der Waals surface area (Å²) in [6.45, 7) is 4.89. The number of methoxy groups -OCH3 is 1. The van der Waals surface area contributed by atoms with Crippen molar-refractivity contribution < 1.29 is 9.47 Å². The fraction of sp³-hybridized carbons (Fsp3) is 0.615. The topological polar surface area (TPSA) is 34.6 Å². The highest BCUT2D eigenvalue weighted by Crippen LogP contribution is 2.14. The zero-order valence-electron chi connectivity index (χ0n) is 11.3. The second-order valence-electron chi connectivity index (χ2n) is 4.18. The smallest absolute Gasteiger partial charge is 0.122 e. The maximum atomic E-state index is 5.53. The molecule has 0 saturated heterocycles. The van der Waals surface area contributed by atoms with E-state index in [1.165, 1.54) is 0 Å². The fourth-order valence-corrected chi connectivity index (χ4v) is 1.74. The summed E-state index contributed by atoms with van der Waals surface area (Å²) < 4.78 is 10.6. The van der Waals surface area contributed by atoms with E-state index in [-0.39, 0.29) is 0 Å². The van der Waals surface area contributed by atoms with E-state index in [4.69, 9.17) is 21.1 Å². The SMILES string of the molecule is COc1cc(C)nc(CN(C)CCOCCCl)c1. The molecule has 18 heavy (non-hydrogen) atoms. The molecule has 1 aromatic rings. The lowest BCUT2D eigenvalue weighted by Crippen LogP contribution is -2.23. The Kier molecular flexibility index (Phi) is 7.01. The van der Waals surface area contributed by atoms with Crippen LogP contribution in [0.5, 0.6) is 5.75 Å². The molecule has 5 heteroatoms. The zero-order valence-corrected chi connectivity index (χ0v) is 12.0. The van der Waals surface area contributed by atoms with Crippen LogP contribution in [0.1, 0.15) is 11.4 Å². The Labute approximate surface area is 114 Å². The lowest BCUT2D eigenvalue weighted by molar-refractivity contribution is 0.121. The molecule has 1 rings (SSSR count). The Bertz CT molecular complexity index is 361. The molecule has 0 fully saturated rings. The first-order chi connectivity index (χ1) is 8.65. The number of rotatable bonds is 8. The monoisotopic (exact) mass is 272 g/mol. The standard InChI is InChI=1S/C13H21ClN2O2/c1-11-8-13(17-3)9-12(15-11)10-16(2)5-7-18-6-4-14/h8-9H,4-7,10H2,1-3H3. The third-order valence-electron chi connectivity index (χ3n) is 2.49. The molecule has 0 aliphatic rings. The van der Waals surface area contributed by atoms with Crippen molar-refractivity contribution in [3.05, 3.63) is 23.5 Å². The van der Waals surface area contributed by atoms with E-state index in [2.05, 4.69) is 9.88 Å². The number of halogens is 1. The first-order valence-electron chi connectivity index (χ1n) is 5.99. The first kappa shape index (κ1) is 15.2. The van der Waals surface area contributed by atoms with E-state index in [1.54, 1.807) is 7.11 Å². The van der Waals surface area contributed by atoms with Crippen molar-refractivity contribution in [3.63, 3.8) is 0 Å². The van der Waals surface area contributed by atoms with Gasteiger partial charge in [0.2, 0.25) is 0 Å². The van der Waals surface area contributed by atoms with E-state index in [0.29, 0.717) is 19.1 Å². The fourth-order valence-electron chi connectivity index (χ4n) is 1.63. The van der Waals surface area contributed by atoms with Gasteiger partial charge in [-0.15, -0.1) is 11.6 Å². The number of pyridine rings is 1. The molecule has 0 atom stereocenters. The van der Waals surface area contributed by atoms with Gasteiger partial charge >= 0.3 is 0 Å². The molecule has 1 heterocycles. The minimum Gasteiger partial charge on any atom is -0.497 e. The molecule has 0 aliphatic carbocycles. The second kappa shape index (κ2) is 8.29. The lowest BCUT2D eigenvalue weighted by atomic mass is 10.3. The van der Waals surface area contributed by atoms with Gasteiger partial charge in [-0.2, -0.15) is 0 Å². The van der Waals surface area contributed by atoms with Gasteiger partial charge in [-0.3, -0.25) is 9.88 Å². The molecular weight excluding hydrogens is 252 g/mol. The van der Waals surface area contributed by atoms with Crippen LogP contribution in [0.15, 0.2) is 12.1 Å².